The number of unbranched alkanes of at least 4 members (excludes halogenated alkanes) is 18. The molecular weight excluding hydrogens is 732 g/mol. The fourth-order valence-corrected chi connectivity index (χ4v) is 6.92. The van der Waals surface area contributed by atoms with Crippen LogP contribution in [0.2, 0.25) is 0 Å². The summed E-state index contributed by atoms with van der Waals surface area (Å²) < 4.78 is 33.3. The second-order valence-corrected chi connectivity index (χ2v) is 15.5. The van der Waals surface area contributed by atoms with E-state index in [0.29, 0.717) is 12.8 Å². The molecule has 2 rings (SSSR count). The monoisotopic (exact) mass is 809 g/mol. The van der Waals surface area contributed by atoms with Crippen molar-refractivity contribution >= 4 is 11.9 Å². The summed E-state index contributed by atoms with van der Waals surface area (Å²) in [5.74, 6) is -0.923. The summed E-state index contributed by atoms with van der Waals surface area (Å²) in [6, 6.07) is 0. The molecule has 4 unspecified atom stereocenters. The average Bonchev–Trinajstić information content (AvgIpc) is 3.19. The van der Waals surface area contributed by atoms with Crippen molar-refractivity contribution in [1.29, 1.82) is 0 Å². The molecule has 330 valence electrons. The molecule has 0 aromatic carbocycles. The van der Waals surface area contributed by atoms with Gasteiger partial charge in [-0.1, -0.05) is 129 Å². The number of carbonyl (C=O) groups is 2. The van der Waals surface area contributed by atoms with Gasteiger partial charge in [0.2, 0.25) is 0 Å². The highest BCUT2D eigenvalue weighted by molar-refractivity contribution is 5.70. The van der Waals surface area contributed by atoms with E-state index in [-0.39, 0.29) is 26.1 Å². The van der Waals surface area contributed by atoms with Gasteiger partial charge in [-0.15, -0.1) is 0 Å². The van der Waals surface area contributed by atoms with Crippen molar-refractivity contribution in [2.24, 2.45) is 0 Å². The van der Waals surface area contributed by atoms with Gasteiger partial charge in [-0.2, -0.15) is 0 Å². The van der Waals surface area contributed by atoms with Crippen LogP contribution in [-0.4, -0.2) is 142 Å². The summed E-state index contributed by atoms with van der Waals surface area (Å²) in [7, 11) is 0. The Morgan fingerprint density at radius 2 is 0.911 bits per heavy atom. The van der Waals surface area contributed by atoms with Crippen LogP contribution in [0.15, 0.2) is 0 Å². The maximum absolute atomic E-state index is 12.9. The van der Waals surface area contributed by atoms with Gasteiger partial charge in [-0.3, -0.25) is 9.59 Å². The number of ether oxygens (including phenoxy) is 6. The van der Waals surface area contributed by atoms with Crippen LogP contribution in [0.5, 0.6) is 0 Å². The highest BCUT2D eigenvalue weighted by atomic mass is 16.7. The largest absolute Gasteiger partial charge is 0.462 e. The van der Waals surface area contributed by atoms with Gasteiger partial charge < -0.3 is 64.2 Å². The number of esters is 2. The molecule has 0 aromatic heterocycles. The Morgan fingerprint density at radius 3 is 1.39 bits per heavy atom. The van der Waals surface area contributed by atoms with Gasteiger partial charge in [0, 0.05) is 12.8 Å². The molecule has 15 heteroatoms. The molecule has 7 N–H and O–H groups in total. The molecule has 0 radical (unpaired) electrons. The highest BCUT2D eigenvalue weighted by Gasteiger charge is 2.47. The predicted octanol–water partition coefficient (Wildman–Crippen LogP) is 3.70. The van der Waals surface area contributed by atoms with Crippen LogP contribution in [-0.2, 0) is 38.0 Å². The smallest absolute Gasteiger partial charge is 0.306 e. The van der Waals surface area contributed by atoms with E-state index in [1.807, 2.05) is 0 Å². The molecule has 11 atom stereocenters. The van der Waals surface area contributed by atoms with Gasteiger partial charge in [0.15, 0.2) is 18.7 Å². The van der Waals surface area contributed by atoms with Crippen LogP contribution < -0.4 is 0 Å². The minimum Gasteiger partial charge on any atom is -0.462 e. The third kappa shape index (κ3) is 20.0. The topological polar surface area (TPSA) is 231 Å². The Bertz CT molecular complexity index is 1000. The van der Waals surface area contributed by atoms with E-state index in [4.69, 9.17) is 28.4 Å². The molecule has 0 bridgehead atoms. The van der Waals surface area contributed by atoms with Gasteiger partial charge in [-0.25, -0.2) is 0 Å². The van der Waals surface area contributed by atoms with Gasteiger partial charge in [0.05, 0.1) is 19.8 Å². The minimum atomic E-state index is -1.76. The van der Waals surface area contributed by atoms with Crippen molar-refractivity contribution < 1.29 is 73.8 Å². The lowest BCUT2D eigenvalue weighted by molar-refractivity contribution is -0.332. The van der Waals surface area contributed by atoms with E-state index in [0.717, 1.165) is 38.5 Å². The van der Waals surface area contributed by atoms with Crippen LogP contribution >= 0.6 is 0 Å². The quantitative estimate of drug-likeness (QED) is 0.0380. The van der Waals surface area contributed by atoms with E-state index in [2.05, 4.69) is 13.8 Å². The van der Waals surface area contributed by atoms with Crippen LogP contribution in [0.4, 0.5) is 0 Å². The molecule has 0 spiro atoms. The number of aliphatic hydroxyl groups is 7. The van der Waals surface area contributed by atoms with Crippen LogP contribution in [0.3, 0.4) is 0 Å². The van der Waals surface area contributed by atoms with E-state index in [1.165, 1.54) is 77.0 Å². The molecule has 2 heterocycles. The van der Waals surface area contributed by atoms with Gasteiger partial charge in [0.25, 0.3) is 0 Å². The average molecular weight is 809 g/mol. The third-order valence-corrected chi connectivity index (χ3v) is 10.6. The summed E-state index contributed by atoms with van der Waals surface area (Å²) in [6.45, 7) is 2.54. The van der Waals surface area contributed by atoms with Crippen molar-refractivity contribution in [2.75, 3.05) is 26.4 Å². The fraction of sp³-hybridized carbons (Fsp3) is 0.951. The lowest BCUT2D eigenvalue weighted by Crippen LogP contribution is -2.61. The molecule has 56 heavy (non-hydrogen) atoms. The zero-order chi connectivity index (χ0) is 41.1. The zero-order valence-corrected chi connectivity index (χ0v) is 34.1. The normalized spacial score (nSPS) is 28.6. The number of rotatable bonds is 32. The first kappa shape index (κ1) is 50.6. The Morgan fingerprint density at radius 1 is 0.500 bits per heavy atom. The molecule has 15 nitrogen and oxygen atoms in total. The Balaban J connectivity index is 1.88. The van der Waals surface area contributed by atoms with Crippen molar-refractivity contribution in [2.45, 2.75) is 223 Å². The summed E-state index contributed by atoms with van der Waals surface area (Å²) in [6.07, 6.45) is 5.95. The summed E-state index contributed by atoms with van der Waals surface area (Å²) in [4.78, 5) is 25.5. The lowest BCUT2D eigenvalue weighted by Gasteiger charge is -2.42. The van der Waals surface area contributed by atoms with E-state index >= 15 is 0 Å². The third-order valence-electron chi connectivity index (χ3n) is 10.6. The van der Waals surface area contributed by atoms with Gasteiger partial charge in [-0.05, 0) is 12.8 Å². The summed E-state index contributed by atoms with van der Waals surface area (Å²) >= 11 is 0. The highest BCUT2D eigenvalue weighted by Crippen LogP contribution is 2.26. The molecular formula is C41H76O15. The van der Waals surface area contributed by atoms with Crippen molar-refractivity contribution in [3.05, 3.63) is 0 Å². The van der Waals surface area contributed by atoms with Crippen LogP contribution in [0.25, 0.3) is 0 Å². The zero-order valence-electron chi connectivity index (χ0n) is 34.1. The predicted molar refractivity (Wildman–Crippen MR) is 206 cm³/mol. The number of aliphatic hydroxyl groups excluding tert-OH is 7. The lowest BCUT2D eigenvalue weighted by atomic mass is 9.98. The molecule has 2 aliphatic heterocycles. The van der Waals surface area contributed by atoms with Crippen molar-refractivity contribution in [3.63, 3.8) is 0 Å². The standard InChI is InChI=1S/C41H76O15/c1-3-5-7-9-11-13-14-16-18-20-22-24-33(44)54-29(26-51-32(43)23-21-19-17-15-12-10-8-6-4-2)27-52-40-39(50)37(48)35(46)31(56-40)28-53-41-38(49)36(47)34(45)30(25-42)55-41/h29-31,34-42,45-50H,3-28H2,1-2H3/t29-,30-,31-,34+,35+,36?,37?,38?,39?,40-,41-/m1/s1. The van der Waals surface area contributed by atoms with E-state index < -0.39 is 92.7 Å². The summed E-state index contributed by atoms with van der Waals surface area (Å²) in [5.41, 5.74) is 0. The Labute approximate surface area is 334 Å². The second-order valence-electron chi connectivity index (χ2n) is 15.5. The van der Waals surface area contributed by atoms with Crippen molar-refractivity contribution in [1.82, 2.24) is 0 Å². The molecule has 2 saturated heterocycles. The second kappa shape index (κ2) is 30.5. The molecule has 0 saturated carbocycles. The van der Waals surface area contributed by atoms with Crippen LogP contribution in [0, 0.1) is 0 Å². The molecule has 0 aromatic rings. The minimum absolute atomic E-state index is 0.171. The first-order valence-corrected chi connectivity index (χ1v) is 21.6. The fourth-order valence-electron chi connectivity index (χ4n) is 6.92. The van der Waals surface area contributed by atoms with Gasteiger partial charge >= 0.3 is 11.9 Å². The van der Waals surface area contributed by atoms with Gasteiger partial charge in [0.1, 0.15) is 55.4 Å². The summed E-state index contributed by atoms with van der Waals surface area (Å²) in [5, 5.41) is 71.6. The van der Waals surface area contributed by atoms with Crippen molar-refractivity contribution in [3.8, 4) is 0 Å². The van der Waals surface area contributed by atoms with E-state index in [1.54, 1.807) is 0 Å². The maximum atomic E-state index is 12.9. The molecule has 0 aliphatic carbocycles. The number of carbonyl (C=O) groups excluding carboxylic acids is 2. The van der Waals surface area contributed by atoms with Crippen LogP contribution in [0.1, 0.15) is 155 Å². The number of hydrogen-bond acceptors (Lipinski definition) is 15. The molecule has 2 fully saturated rings. The molecule has 0 amide bonds. The molecule has 2 aliphatic rings. The maximum Gasteiger partial charge on any atom is 0.306 e. The number of hydrogen-bond donors (Lipinski definition) is 7. The Hall–Kier alpha value is -1.50. The Kier molecular flexibility index (Phi) is 27.6. The van der Waals surface area contributed by atoms with E-state index in [9.17, 15) is 45.3 Å². The first-order chi connectivity index (χ1) is 27.0. The SMILES string of the molecule is CCCCCCCCCCCCCC(=O)O[C@H](COC(=O)CCCCCCCCCCC)CO[C@@H]1O[C@H](CO[C@@H]2O[C@H](CO)[C@H](O)C(O)C2O)[C@H](O)C(O)C1O. The first-order valence-electron chi connectivity index (χ1n) is 21.6.